The van der Waals surface area contributed by atoms with E-state index in [1.807, 2.05) is 0 Å². The lowest BCUT2D eigenvalue weighted by molar-refractivity contribution is -0.143. The number of ether oxygens (including phenoxy) is 2. The molecular formula is C15H23N3O7S2. The van der Waals surface area contributed by atoms with Crippen LogP contribution in [0.15, 0.2) is 10.3 Å². The summed E-state index contributed by atoms with van der Waals surface area (Å²) in [4.78, 5) is 12.5. The third-order valence-electron chi connectivity index (χ3n) is 4.59. The van der Waals surface area contributed by atoms with E-state index >= 15 is 0 Å². The van der Waals surface area contributed by atoms with Crippen molar-refractivity contribution in [3.8, 4) is 0 Å². The molecule has 12 heteroatoms. The van der Waals surface area contributed by atoms with E-state index in [-0.39, 0.29) is 53.9 Å². The zero-order valence-electron chi connectivity index (χ0n) is 14.6. The van der Waals surface area contributed by atoms with Crippen LogP contribution in [-0.4, -0.2) is 74.0 Å². The van der Waals surface area contributed by atoms with E-state index in [0.29, 0.717) is 13.2 Å². The van der Waals surface area contributed by atoms with E-state index in [0.717, 1.165) is 11.3 Å². The molecule has 0 radical (unpaired) electrons. The Morgan fingerprint density at radius 1 is 1.26 bits per heavy atom. The molecule has 3 rings (SSSR count). The highest BCUT2D eigenvalue weighted by atomic mass is 32.2. The number of anilines is 1. The predicted molar refractivity (Wildman–Crippen MR) is 96.7 cm³/mol. The molecule has 1 amide bonds. The molecule has 0 aromatic carbocycles. The molecule has 1 unspecified atom stereocenters. The van der Waals surface area contributed by atoms with Gasteiger partial charge < -0.3 is 30.7 Å². The molecule has 5 N–H and O–H groups in total. The van der Waals surface area contributed by atoms with E-state index in [4.69, 9.17) is 15.2 Å². The molecular weight excluding hydrogens is 398 g/mol. The van der Waals surface area contributed by atoms with E-state index < -0.39 is 27.8 Å². The third kappa shape index (κ3) is 4.32. The van der Waals surface area contributed by atoms with Crippen LogP contribution in [0.1, 0.15) is 24.6 Å². The Kier molecular flexibility index (Phi) is 6.17. The summed E-state index contributed by atoms with van der Waals surface area (Å²) in [6.45, 7) is 1.55. The lowest BCUT2D eigenvalue weighted by Crippen LogP contribution is -2.47. The van der Waals surface area contributed by atoms with Gasteiger partial charge in [-0.2, -0.15) is 4.31 Å². The first-order valence-electron chi connectivity index (χ1n) is 8.51. The molecule has 2 saturated heterocycles. The van der Waals surface area contributed by atoms with Crippen molar-refractivity contribution in [1.82, 2.24) is 4.31 Å². The first kappa shape index (κ1) is 20.6. The molecule has 0 bridgehead atoms. The van der Waals surface area contributed by atoms with Gasteiger partial charge in [0.05, 0.1) is 13.2 Å². The number of aliphatic hydroxyl groups excluding tert-OH is 1. The van der Waals surface area contributed by atoms with Crippen molar-refractivity contribution in [2.24, 2.45) is 5.73 Å². The van der Waals surface area contributed by atoms with E-state index in [9.17, 15) is 23.4 Å². The van der Waals surface area contributed by atoms with Crippen LogP contribution in [0.5, 0.6) is 0 Å². The van der Waals surface area contributed by atoms with Crippen molar-refractivity contribution in [3.63, 3.8) is 0 Å². The smallest absolute Gasteiger partial charge is 0.257 e. The number of thiophene rings is 1. The molecule has 10 nitrogen and oxygen atoms in total. The topological polar surface area (TPSA) is 151 Å². The monoisotopic (exact) mass is 421 g/mol. The van der Waals surface area contributed by atoms with Crippen LogP contribution in [0.3, 0.4) is 0 Å². The maximum absolute atomic E-state index is 12.8. The molecule has 1 aromatic rings. The van der Waals surface area contributed by atoms with Crippen molar-refractivity contribution in [2.45, 2.75) is 28.9 Å². The fourth-order valence-corrected chi connectivity index (χ4v) is 5.87. The molecule has 0 saturated carbocycles. The average Bonchev–Trinajstić information content (AvgIpc) is 3.08. The summed E-state index contributed by atoms with van der Waals surface area (Å²) >= 11 is 0.795. The molecule has 2 aliphatic heterocycles. The highest BCUT2D eigenvalue weighted by Gasteiger charge is 2.39. The van der Waals surface area contributed by atoms with Gasteiger partial charge in [0.2, 0.25) is 0 Å². The van der Waals surface area contributed by atoms with Gasteiger partial charge in [-0.15, -0.1) is 11.3 Å². The largest absolute Gasteiger partial charge is 0.381 e. The van der Waals surface area contributed by atoms with Gasteiger partial charge in [-0.05, 0) is 6.07 Å². The third-order valence-corrected chi connectivity index (χ3v) is 8.00. The molecule has 27 heavy (non-hydrogen) atoms. The van der Waals surface area contributed by atoms with Crippen LogP contribution in [0.2, 0.25) is 0 Å². The Morgan fingerprint density at radius 3 is 2.44 bits per heavy atom. The zero-order valence-corrected chi connectivity index (χ0v) is 16.2. The molecule has 152 valence electrons. The van der Waals surface area contributed by atoms with Gasteiger partial charge in [-0.25, -0.2) is 8.42 Å². The summed E-state index contributed by atoms with van der Waals surface area (Å²) in [5.74, 6) is -0.676. The van der Waals surface area contributed by atoms with Gasteiger partial charge in [0, 0.05) is 44.7 Å². The number of carbonyl (C=O) groups excluding carboxylic acids is 1. The van der Waals surface area contributed by atoms with Gasteiger partial charge >= 0.3 is 0 Å². The lowest BCUT2D eigenvalue weighted by atomic mass is 9.93. The number of hydrogen-bond acceptors (Lipinski definition) is 9. The summed E-state index contributed by atoms with van der Waals surface area (Å²) in [6, 6.07) is 1.25. The molecule has 1 atom stereocenters. The van der Waals surface area contributed by atoms with Crippen LogP contribution in [0, 0.1) is 0 Å². The molecule has 0 aliphatic carbocycles. The SMILES string of the molecule is NC(O)c1cc(S(=O)(=O)N2CCOCC2)sc1NC(=O)C1(O)CCOCC1. The van der Waals surface area contributed by atoms with Crippen molar-refractivity contribution >= 4 is 32.3 Å². The number of aliphatic hydroxyl groups is 2. The zero-order chi connectivity index (χ0) is 19.7. The van der Waals surface area contributed by atoms with Crippen LogP contribution < -0.4 is 11.1 Å². The van der Waals surface area contributed by atoms with Crippen LogP contribution in [0.4, 0.5) is 5.00 Å². The lowest BCUT2D eigenvalue weighted by Gasteiger charge is -2.30. The minimum Gasteiger partial charge on any atom is -0.381 e. The summed E-state index contributed by atoms with van der Waals surface area (Å²) in [6.07, 6.45) is -1.22. The fraction of sp³-hybridized carbons (Fsp3) is 0.667. The number of rotatable bonds is 5. The number of nitrogens with one attached hydrogen (secondary N) is 1. The van der Waals surface area contributed by atoms with Crippen molar-refractivity contribution < 1.29 is 32.9 Å². The first-order chi connectivity index (χ1) is 12.7. The number of nitrogens with two attached hydrogens (primary N) is 1. The number of sulfonamides is 1. The molecule has 0 spiro atoms. The van der Waals surface area contributed by atoms with E-state index in [1.165, 1.54) is 10.4 Å². The van der Waals surface area contributed by atoms with Gasteiger partial charge in [-0.3, -0.25) is 4.79 Å². The number of morpholine rings is 1. The highest BCUT2D eigenvalue weighted by Crippen LogP contribution is 2.36. The predicted octanol–water partition coefficient (Wildman–Crippen LogP) is -0.801. The Balaban J connectivity index is 1.86. The Bertz CT molecular complexity index is 781. The highest BCUT2D eigenvalue weighted by molar-refractivity contribution is 7.91. The second-order valence-corrected chi connectivity index (χ2v) is 9.63. The minimum absolute atomic E-state index is 0.0434. The second-order valence-electron chi connectivity index (χ2n) is 6.41. The second kappa shape index (κ2) is 8.09. The fourth-order valence-electron chi connectivity index (χ4n) is 2.90. The maximum atomic E-state index is 12.8. The van der Waals surface area contributed by atoms with Gasteiger partial charge in [-0.1, -0.05) is 0 Å². The van der Waals surface area contributed by atoms with Crippen LogP contribution in [0.25, 0.3) is 0 Å². The summed E-state index contributed by atoms with van der Waals surface area (Å²) in [5.41, 5.74) is 4.01. The minimum atomic E-state index is -3.80. The molecule has 1 aromatic heterocycles. The molecule has 2 aliphatic rings. The summed E-state index contributed by atoms with van der Waals surface area (Å²) in [7, 11) is -3.80. The van der Waals surface area contributed by atoms with Crippen molar-refractivity contribution in [3.05, 3.63) is 11.6 Å². The average molecular weight is 421 g/mol. The molecule has 3 heterocycles. The number of amides is 1. The van der Waals surface area contributed by atoms with E-state index in [1.54, 1.807) is 0 Å². The van der Waals surface area contributed by atoms with Crippen molar-refractivity contribution in [1.29, 1.82) is 0 Å². The van der Waals surface area contributed by atoms with Gasteiger partial charge in [0.15, 0.2) is 0 Å². The first-order valence-corrected chi connectivity index (χ1v) is 10.8. The van der Waals surface area contributed by atoms with E-state index in [2.05, 4.69) is 5.32 Å². The van der Waals surface area contributed by atoms with Crippen LogP contribution >= 0.6 is 11.3 Å². The number of nitrogens with zero attached hydrogens (tertiary/aromatic N) is 1. The normalized spacial score (nSPS) is 22.3. The van der Waals surface area contributed by atoms with Crippen LogP contribution in [-0.2, 0) is 24.3 Å². The maximum Gasteiger partial charge on any atom is 0.257 e. The summed E-state index contributed by atoms with van der Waals surface area (Å²) in [5, 5.41) is 22.9. The van der Waals surface area contributed by atoms with Gasteiger partial charge in [0.25, 0.3) is 15.9 Å². The van der Waals surface area contributed by atoms with Crippen molar-refractivity contribution in [2.75, 3.05) is 44.8 Å². The molecule has 2 fully saturated rings. The summed E-state index contributed by atoms with van der Waals surface area (Å²) < 4.78 is 37.2. The Morgan fingerprint density at radius 2 is 1.85 bits per heavy atom. The standard InChI is InChI=1S/C15H23N3O7S2/c16-12(19)10-9-11(27(22,23)18-3-7-25-8-4-18)26-13(10)17-14(20)15(21)1-5-24-6-2-15/h9,12,19,21H,1-8,16H2,(H,17,20). The Labute approximate surface area is 160 Å². The number of carbonyl (C=O) groups is 1. The quantitative estimate of drug-likeness (QED) is 0.451. The Hall–Kier alpha value is -1.12. The van der Waals surface area contributed by atoms with Gasteiger partial charge in [0.1, 0.15) is 21.0 Å². The number of hydrogen-bond donors (Lipinski definition) is 4.